The van der Waals surface area contributed by atoms with Crippen molar-refractivity contribution in [2.45, 2.75) is 39.3 Å². The van der Waals surface area contributed by atoms with E-state index in [4.69, 9.17) is 15.2 Å². The summed E-state index contributed by atoms with van der Waals surface area (Å²) >= 11 is 0. The Morgan fingerprint density at radius 1 is 1.33 bits per heavy atom. The van der Waals surface area contributed by atoms with Gasteiger partial charge in [0.1, 0.15) is 0 Å². The summed E-state index contributed by atoms with van der Waals surface area (Å²) in [4.78, 5) is 12.2. The molecule has 0 aliphatic rings. The maximum atomic E-state index is 12.2. The van der Waals surface area contributed by atoms with Gasteiger partial charge in [0.05, 0.1) is 13.2 Å². The molecule has 0 unspecified atom stereocenters. The number of nitrogens with two attached hydrogens (primary N) is 1. The summed E-state index contributed by atoms with van der Waals surface area (Å²) in [6.07, 6.45) is 0.0414. The van der Waals surface area contributed by atoms with Crippen LogP contribution >= 0.6 is 12.4 Å². The second-order valence-electron chi connectivity index (χ2n) is 5.57. The van der Waals surface area contributed by atoms with Gasteiger partial charge in [-0.05, 0) is 45.9 Å². The molecule has 21 heavy (non-hydrogen) atoms. The molecular formula is C15H25ClN2O3. The number of carbonyl (C=O) groups excluding carboxylic acids is 1. The lowest BCUT2D eigenvalue weighted by molar-refractivity contribution is 0.0915. The van der Waals surface area contributed by atoms with Crippen molar-refractivity contribution in [3.8, 4) is 11.5 Å². The Morgan fingerprint density at radius 3 is 2.43 bits per heavy atom. The molecule has 0 bridgehead atoms. The first-order chi connectivity index (χ1) is 9.29. The van der Waals surface area contributed by atoms with Gasteiger partial charge in [0.15, 0.2) is 11.5 Å². The van der Waals surface area contributed by atoms with Crippen LogP contribution in [0.2, 0.25) is 0 Å². The van der Waals surface area contributed by atoms with Gasteiger partial charge in [0, 0.05) is 17.6 Å². The lowest BCUT2D eigenvalue weighted by Crippen LogP contribution is -2.48. The van der Waals surface area contributed by atoms with Gasteiger partial charge in [-0.15, -0.1) is 12.4 Å². The quantitative estimate of drug-likeness (QED) is 0.845. The summed E-state index contributed by atoms with van der Waals surface area (Å²) in [7, 11) is 1.55. The smallest absolute Gasteiger partial charge is 0.251 e. The summed E-state index contributed by atoms with van der Waals surface area (Å²) in [6.45, 7) is 7.98. The fourth-order valence-corrected chi connectivity index (χ4v) is 1.59. The Balaban J connectivity index is 0.00000400. The van der Waals surface area contributed by atoms with Gasteiger partial charge in [0.25, 0.3) is 5.91 Å². The van der Waals surface area contributed by atoms with Crippen molar-refractivity contribution in [3.63, 3.8) is 0 Å². The third-order valence-corrected chi connectivity index (χ3v) is 2.75. The van der Waals surface area contributed by atoms with Gasteiger partial charge in [-0.25, -0.2) is 0 Å². The van der Waals surface area contributed by atoms with Crippen LogP contribution in [0.1, 0.15) is 38.1 Å². The molecule has 120 valence electrons. The molecule has 0 fully saturated rings. The fraction of sp³-hybridized carbons (Fsp3) is 0.533. The minimum Gasteiger partial charge on any atom is -0.493 e. The highest BCUT2D eigenvalue weighted by atomic mass is 35.5. The van der Waals surface area contributed by atoms with Crippen LogP contribution in [0.3, 0.4) is 0 Å². The van der Waals surface area contributed by atoms with E-state index in [2.05, 4.69) is 5.32 Å². The van der Waals surface area contributed by atoms with Crippen LogP contribution in [-0.2, 0) is 0 Å². The number of hydrogen-bond acceptors (Lipinski definition) is 4. The largest absolute Gasteiger partial charge is 0.493 e. The molecule has 0 atom stereocenters. The highest BCUT2D eigenvalue weighted by Gasteiger charge is 2.20. The van der Waals surface area contributed by atoms with Crippen LogP contribution in [0.25, 0.3) is 0 Å². The molecule has 1 amide bonds. The Bertz CT molecular complexity index is 476. The molecule has 6 heteroatoms. The van der Waals surface area contributed by atoms with Crippen LogP contribution in [0, 0.1) is 0 Å². The van der Waals surface area contributed by atoms with E-state index in [1.54, 1.807) is 25.3 Å². The molecule has 0 radical (unpaired) electrons. The van der Waals surface area contributed by atoms with Gasteiger partial charge in [0.2, 0.25) is 0 Å². The number of amides is 1. The molecule has 0 aliphatic carbocycles. The molecule has 1 aromatic rings. The average Bonchev–Trinajstić information content (AvgIpc) is 2.38. The van der Waals surface area contributed by atoms with E-state index >= 15 is 0 Å². The normalized spacial score (nSPS) is 10.8. The minimum absolute atomic E-state index is 0. The zero-order chi connectivity index (χ0) is 15.3. The Labute approximate surface area is 132 Å². The highest BCUT2D eigenvalue weighted by molar-refractivity contribution is 5.95. The number of rotatable bonds is 6. The van der Waals surface area contributed by atoms with Gasteiger partial charge >= 0.3 is 0 Å². The van der Waals surface area contributed by atoms with Crippen molar-refractivity contribution < 1.29 is 14.3 Å². The summed E-state index contributed by atoms with van der Waals surface area (Å²) in [6, 6.07) is 5.12. The number of ether oxygens (including phenoxy) is 2. The first kappa shape index (κ1) is 19.5. The molecule has 0 spiro atoms. The fourth-order valence-electron chi connectivity index (χ4n) is 1.59. The second kappa shape index (κ2) is 8.10. The van der Waals surface area contributed by atoms with Crippen molar-refractivity contribution in [3.05, 3.63) is 23.8 Å². The zero-order valence-electron chi connectivity index (χ0n) is 13.2. The lowest BCUT2D eigenvalue weighted by atomic mass is 10.1. The molecule has 1 aromatic carbocycles. The van der Waals surface area contributed by atoms with E-state index in [0.29, 0.717) is 23.6 Å². The van der Waals surface area contributed by atoms with Crippen LogP contribution < -0.4 is 20.5 Å². The summed E-state index contributed by atoms with van der Waals surface area (Å²) in [5.74, 6) is 0.976. The SMILES string of the molecule is COc1cc(C(=O)NC(C)(C)CN)ccc1OC(C)C.Cl. The number of carbonyl (C=O) groups is 1. The molecular weight excluding hydrogens is 292 g/mol. The van der Waals surface area contributed by atoms with Crippen LogP contribution in [0.4, 0.5) is 0 Å². The average molecular weight is 317 g/mol. The highest BCUT2D eigenvalue weighted by Crippen LogP contribution is 2.29. The third kappa shape index (κ3) is 5.81. The molecule has 0 aromatic heterocycles. The van der Waals surface area contributed by atoms with Gasteiger partial charge < -0.3 is 20.5 Å². The van der Waals surface area contributed by atoms with E-state index < -0.39 is 5.54 Å². The van der Waals surface area contributed by atoms with Crippen molar-refractivity contribution in [2.24, 2.45) is 5.73 Å². The van der Waals surface area contributed by atoms with Crippen LogP contribution in [0.15, 0.2) is 18.2 Å². The maximum Gasteiger partial charge on any atom is 0.251 e. The number of nitrogens with one attached hydrogen (secondary N) is 1. The van der Waals surface area contributed by atoms with Crippen molar-refractivity contribution in [2.75, 3.05) is 13.7 Å². The molecule has 5 nitrogen and oxygen atoms in total. The second-order valence-corrected chi connectivity index (χ2v) is 5.57. The Hall–Kier alpha value is -1.46. The summed E-state index contributed by atoms with van der Waals surface area (Å²) < 4.78 is 10.9. The van der Waals surface area contributed by atoms with E-state index in [0.717, 1.165) is 0 Å². The van der Waals surface area contributed by atoms with E-state index in [1.807, 2.05) is 27.7 Å². The third-order valence-electron chi connectivity index (χ3n) is 2.75. The number of hydrogen-bond donors (Lipinski definition) is 2. The molecule has 0 aliphatic heterocycles. The molecule has 0 saturated carbocycles. The first-order valence-electron chi connectivity index (χ1n) is 6.66. The van der Waals surface area contributed by atoms with Crippen molar-refractivity contribution in [1.29, 1.82) is 0 Å². The Morgan fingerprint density at radius 2 is 1.95 bits per heavy atom. The number of halogens is 1. The molecule has 1 rings (SSSR count). The van der Waals surface area contributed by atoms with Crippen molar-refractivity contribution in [1.82, 2.24) is 5.32 Å². The van der Waals surface area contributed by atoms with E-state index in [-0.39, 0.29) is 24.4 Å². The summed E-state index contributed by atoms with van der Waals surface area (Å²) in [5, 5.41) is 2.87. The van der Waals surface area contributed by atoms with Crippen LogP contribution in [0.5, 0.6) is 11.5 Å². The monoisotopic (exact) mass is 316 g/mol. The minimum atomic E-state index is -0.447. The molecule has 3 N–H and O–H groups in total. The zero-order valence-corrected chi connectivity index (χ0v) is 14.0. The van der Waals surface area contributed by atoms with Gasteiger partial charge in [-0.1, -0.05) is 0 Å². The van der Waals surface area contributed by atoms with Gasteiger partial charge in [-0.2, -0.15) is 0 Å². The summed E-state index contributed by atoms with van der Waals surface area (Å²) in [5.41, 5.74) is 5.67. The molecule has 0 heterocycles. The number of methoxy groups -OCH3 is 1. The molecule has 0 saturated heterocycles. The predicted molar refractivity (Wildman–Crippen MR) is 86.6 cm³/mol. The Kier molecular flexibility index (Phi) is 7.53. The predicted octanol–water partition coefficient (Wildman–Crippen LogP) is 2.37. The maximum absolute atomic E-state index is 12.2. The van der Waals surface area contributed by atoms with Crippen molar-refractivity contribution >= 4 is 18.3 Å². The topological polar surface area (TPSA) is 73.6 Å². The lowest BCUT2D eigenvalue weighted by Gasteiger charge is -2.24. The van der Waals surface area contributed by atoms with Gasteiger partial charge in [-0.3, -0.25) is 4.79 Å². The van der Waals surface area contributed by atoms with E-state index in [1.165, 1.54) is 0 Å². The first-order valence-corrected chi connectivity index (χ1v) is 6.66. The van der Waals surface area contributed by atoms with Crippen LogP contribution in [-0.4, -0.2) is 31.2 Å². The van der Waals surface area contributed by atoms with E-state index in [9.17, 15) is 4.79 Å². The number of benzene rings is 1. The standard InChI is InChI=1S/C15H24N2O3.ClH/c1-10(2)20-12-7-6-11(8-13(12)19-5)14(18)17-15(3,4)9-16;/h6-8,10H,9,16H2,1-5H3,(H,17,18);1H.